The van der Waals surface area contributed by atoms with Crippen LogP contribution in [0.15, 0.2) is 18.3 Å². The Morgan fingerprint density at radius 3 is 2.78 bits per heavy atom. The Bertz CT molecular complexity index is 204. The molecule has 0 radical (unpaired) electrons. The quantitative estimate of drug-likeness (QED) is 0.402. The zero-order chi connectivity index (χ0) is 6.85. The van der Waals surface area contributed by atoms with Crippen molar-refractivity contribution < 1.29 is 9.67 Å². The van der Waals surface area contributed by atoms with E-state index >= 15 is 0 Å². The summed E-state index contributed by atoms with van der Waals surface area (Å²) in [6.45, 7) is 0. The van der Waals surface area contributed by atoms with Gasteiger partial charge < -0.3 is 5.11 Å². The number of pyridine rings is 1. The van der Waals surface area contributed by atoms with Gasteiger partial charge in [-0.25, -0.2) is 0 Å². The van der Waals surface area contributed by atoms with Gasteiger partial charge in [0.05, 0.1) is 0 Å². The second-order valence-electron chi connectivity index (χ2n) is 1.80. The molecular formula is C6H7INO+. The van der Waals surface area contributed by atoms with Gasteiger partial charge in [-0.2, -0.15) is 4.57 Å². The zero-order valence-corrected chi connectivity index (χ0v) is 7.16. The Morgan fingerprint density at radius 2 is 2.33 bits per heavy atom. The molecule has 3 heteroatoms. The summed E-state index contributed by atoms with van der Waals surface area (Å²) < 4.78 is 2.71. The molecule has 1 aromatic rings. The summed E-state index contributed by atoms with van der Waals surface area (Å²) in [5, 5.41) is 9.07. The second kappa shape index (κ2) is 2.51. The fourth-order valence-electron chi connectivity index (χ4n) is 0.578. The Balaban J connectivity index is 3.25. The number of aromatic hydroxyl groups is 1. The highest BCUT2D eigenvalue weighted by Crippen LogP contribution is 2.11. The summed E-state index contributed by atoms with van der Waals surface area (Å²) in [7, 11) is 1.89. The summed E-state index contributed by atoms with van der Waals surface area (Å²) in [6, 6.07) is 3.47. The summed E-state index contributed by atoms with van der Waals surface area (Å²) in [4.78, 5) is 0. The molecule has 0 fully saturated rings. The number of aryl methyl sites for hydroxylation is 1. The molecule has 0 atom stereocenters. The minimum absolute atomic E-state index is 0.334. The molecule has 2 nitrogen and oxygen atoms in total. The molecule has 0 aliphatic rings. The van der Waals surface area contributed by atoms with Crippen LogP contribution in [0.25, 0.3) is 0 Å². The average Bonchev–Trinajstić information content (AvgIpc) is 1.83. The maximum Gasteiger partial charge on any atom is 0.282 e. The van der Waals surface area contributed by atoms with Gasteiger partial charge in [0.15, 0.2) is 11.9 Å². The Hall–Kier alpha value is -0.320. The van der Waals surface area contributed by atoms with Crippen molar-refractivity contribution >= 4 is 22.6 Å². The third kappa shape index (κ3) is 1.32. The van der Waals surface area contributed by atoms with Gasteiger partial charge in [0, 0.05) is 28.7 Å². The van der Waals surface area contributed by atoms with E-state index in [2.05, 4.69) is 22.6 Å². The SMILES string of the molecule is C[n+]1cccc(O)c1I. The van der Waals surface area contributed by atoms with Gasteiger partial charge in [0.25, 0.3) is 3.70 Å². The van der Waals surface area contributed by atoms with Crippen LogP contribution in [-0.2, 0) is 7.05 Å². The smallest absolute Gasteiger partial charge is 0.282 e. The molecule has 0 spiro atoms. The minimum atomic E-state index is 0.334. The van der Waals surface area contributed by atoms with Crippen molar-refractivity contribution in [3.63, 3.8) is 0 Å². The lowest BCUT2D eigenvalue weighted by molar-refractivity contribution is -0.684. The number of hydrogen-bond donors (Lipinski definition) is 1. The lowest BCUT2D eigenvalue weighted by Crippen LogP contribution is -2.31. The largest absolute Gasteiger partial charge is 0.502 e. The van der Waals surface area contributed by atoms with Crippen molar-refractivity contribution in [2.45, 2.75) is 0 Å². The normalized spacial score (nSPS) is 9.56. The number of halogens is 1. The van der Waals surface area contributed by atoms with Gasteiger partial charge in [-0.3, -0.25) is 0 Å². The van der Waals surface area contributed by atoms with Crippen molar-refractivity contribution in [1.29, 1.82) is 0 Å². The second-order valence-corrected chi connectivity index (χ2v) is 2.82. The van der Waals surface area contributed by atoms with E-state index in [0.717, 1.165) is 3.70 Å². The van der Waals surface area contributed by atoms with E-state index in [4.69, 9.17) is 5.11 Å². The highest BCUT2D eigenvalue weighted by atomic mass is 127. The van der Waals surface area contributed by atoms with Crippen LogP contribution >= 0.6 is 22.6 Å². The van der Waals surface area contributed by atoms with Crippen molar-refractivity contribution in [1.82, 2.24) is 0 Å². The molecule has 0 aliphatic heterocycles. The Labute approximate surface area is 67.3 Å². The Kier molecular flexibility index (Phi) is 1.90. The maximum atomic E-state index is 9.07. The highest BCUT2D eigenvalue weighted by Gasteiger charge is 2.05. The summed E-state index contributed by atoms with van der Waals surface area (Å²) in [5.74, 6) is 0.334. The summed E-state index contributed by atoms with van der Waals surface area (Å²) in [6.07, 6.45) is 1.89. The molecule has 9 heavy (non-hydrogen) atoms. The number of hydrogen-bond acceptors (Lipinski definition) is 1. The van der Waals surface area contributed by atoms with E-state index in [0.29, 0.717) is 5.75 Å². The van der Waals surface area contributed by atoms with Crippen LogP contribution in [-0.4, -0.2) is 5.11 Å². The van der Waals surface area contributed by atoms with Crippen LogP contribution in [0.4, 0.5) is 0 Å². The molecule has 1 rings (SSSR count). The van der Waals surface area contributed by atoms with Gasteiger partial charge in [0.1, 0.15) is 7.05 Å². The third-order valence-electron chi connectivity index (χ3n) is 1.08. The number of rotatable bonds is 0. The van der Waals surface area contributed by atoms with Crippen LogP contribution < -0.4 is 4.57 Å². The van der Waals surface area contributed by atoms with Crippen LogP contribution in [0.3, 0.4) is 0 Å². The molecule has 1 aromatic heterocycles. The van der Waals surface area contributed by atoms with Crippen molar-refractivity contribution in [3.05, 3.63) is 22.0 Å². The molecule has 1 N–H and O–H groups in total. The van der Waals surface area contributed by atoms with E-state index in [-0.39, 0.29) is 0 Å². The Morgan fingerprint density at radius 1 is 1.67 bits per heavy atom. The van der Waals surface area contributed by atoms with E-state index < -0.39 is 0 Å². The number of aromatic nitrogens is 1. The lowest BCUT2D eigenvalue weighted by atomic mass is 10.5. The first-order valence-electron chi connectivity index (χ1n) is 2.55. The van der Waals surface area contributed by atoms with Crippen molar-refractivity contribution in [2.75, 3.05) is 0 Å². The topological polar surface area (TPSA) is 24.1 Å². The lowest BCUT2D eigenvalue weighted by Gasteiger charge is -1.91. The molecule has 1 heterocycles. The van der Waals surface area contributed by atoms with E-state index in [1.165, 1.54) is 0 Å². The first-order valence-corrected chi connectivity index (χ1v) is 3.63. The van der Waals surface area contributed by atoms with Gasteiger partial charge in [0.2, 0.25) is 0 Å². The van der Waals surface area contributed by atoms with Crippen LogP contribution in [0.2, 0.25) is 0 Å². The van der Waals surface area contributed by atoms with Gasteiger partial charge >= 0.3 is 0 Å². The molecule has 0 aromatic carbocycles. The highest BCUT2D eigenvalue weighted by molar-refractivity contribution is 14.1. The predicted molar refractivity (Wildman–Crippen MR) is 42.0 cm³/mol. The van der Waals surface area contributed by atoms with Gasteiger partial charge in [-0.05, 0) is 6.07 Å². The molecule has 0 aliphatic carbocycles. The van der Waals surface area contributed by atoms with Gasteiger partial charge in [-0.15, -0.1) is 0 Å². The maximum absolute atomic E-state index is 9.07. The van der Waals surface area contributed by atoms with Crippen molar-refractivity contribution in [2.24, 2.45) is 7.05 Å². The first-order chi connectivity index (χ1) is 4.22. The first kappa shape index (κ1) is 6.80. The van der Waals surface area contributed by atoms with Crippen molar-refractivity contribution in [3.8, 4) is 5.75 Å². The fourth-order valence-corrected chi connectivity index (χ4v) is 0.919. The molecule has 0 amide bonds. The molecule has 0 saturated carbocycles. The molecule has 48 valence electrons. The van der Waals surface area contributed by atoms with Crippen LogP contribution in [0, 0.1) is 3.70 Å². The van der Waals surface area contributed by atoms with Crippen LogP contribution in [0.1, 0.15) is 0 Å². The zero-order valence-electron chi connectivity index (χ0n) is 5.00. The van der Waals surface area contributed by atoms with E-state index in [9.17, 15) is 0 Å². The fraction of sp³-hybridized carbons (Fsp3) is 0.167. The minimum Gasteiger partial charge on any atom is -0.502 e. The van der Waals surface area contributed by atoms with E-state index in [1.807, 2.05) is 17.8 Å². The molecule has 0 bridgehead atoms. The third-order valence-corrected chi connectivity index (χ3v) is 2.40. The van der Waals surface area contributed by atoms with Crippen LogP contribution in [0.5, 0.6) is 5.75 Å². The predicted octanol–water partition coefficient (Wildman–Crippen LogP) is 0.821. The van der Waals surface area contributed by atoms with E-state index in [1.54, 1.807) is 12.1 Å². The molecule has 0 saturated heterocycles. The molecular weight excluding hydrogens is 229 g/mol. The molecule has 0 unspecified atom stereocenters. The summed E-state index contributed by atoms with van der Waals surface area (Å²) >= 11 is 2.08. The van der Waals surface area contributed by atoms with Gasteiger partial charge in [-0.1, -0.05) is 0 Å². The average molecular weight is 236 g/mol. The monoisotopic (exact) mass is 236 g/mol. The standard InChI is InChI=1S/C6H6INO/c1-8-4-2-3-5(9)6(8)7/h2-4H,1H3/p+1. The number of nitrogens with zero attached hydrogens (tertiary/aromatic N) is 1. The summed E-state index contributed by atoms with van der Waals surface area (Å²) in [5.41, 5.74) is 0.